The van der Waals surface area contributed by atoms with Gasteiger partial charge in [-0.2, -0.15) is 0 Å². The van der Waals surface area contributed by atoms with Crippen LogP contribution in [0.5, 0.6) is 5.75 Å². The van der Waals surface area contributed by atoms with Gasteiger partial charge in [0, 0.05) is 12.7 Å². The van der Waals surface area contributed by atoms with Gasteiger partial charge < -0.3 is 14.5 Å². The number of hydrazine groups is 1. The summed E-state index contributed by atoms with van der Waals surface area (Å²) in [5.74, 6) is -0.587. The Hall–Kier alpha value is -3.40. The number of likely N-dealkylation sites (N-methyl/N-ethyl adjacent to an activating group) is 1. The number of rotatable bonds is 8. The second-order valence-electron chi connectivity index (χ2n) is 6.61. The van der Waals surface area contributed by atoms with Crippen molar-refractivity contribution < 1.29 is 23.5 Å². The minimum Gasteiger partial charge on any atom is -0.494 e. The van der Waals surface area contributed by atoms with Gasteiger partial charge in [0.15, 0.2) is 10.9 Å². The van der Waals surface area contributed by atoms with E-state index in [2.05, 4.69) is 10.7 Å². The third-order valence-corrected chi connectivity index (χ3v) is 4.85. The van der Waals surface area contributed by atoms with Gasteiger partial charge >= 0.3 is 5.91 Å². The van der Waals surface area contributed by atoms with E-state index in [0.717, 1.165) is 6.42 Å². The van der Waals surface area contributed by atoms with Crippen LogP contribution in [0.3, 0.4) is 0 Å². The largest absolute Gasteiger partial charge is 0.494 e. The van der Waals surface area contributed by atoms with Gasteiger partial charge in [-0.05, 0) is 55.0 Å². The van der Waals surface area contributed by atoms with Gasteiger partial charge in [0.05, 0.1) is 19.3 Å². The number of carbonyl (C=O) groups excluding carboxylic acids is 3. The molecule has 0 spiro atoms. The Kier molecular flexibility index (Phi) is 6.68. The number of ether oxygens (including phenoxy) is 1. The summed E-state index contributed by atoms with van der Waals surface area (Å²) in [5, 5.41) is 4.04. The first-order valence-corrected chi connectivity index (χ1v) is 9.79. The monoisotopic (exact) mass is 430 g/mol. The van der Waals surface area contributed by atoms with E-state index >= 15 is 0 Å². The van der Waals surface area contributed by atoms with Crippen molar-refractivity contribution in [2.45, 2.75) is 25.8 Å². The first-order chi connectivity index (χ1) is 14.4. The van der Waals surface area contributed by atoms with E-state index in [-0.39, 0.29) is 17.3 Å². The first-order valence-electron chi connectivity index (χ1n) is 9.38. The Morgan fingerprint density at radius 3 is 2.60 bits per heavy atom. The standard InChI is InChI=1S/C20H22N4O5S/c1-3-10-28-14-8-6-13(7-9-14)21-17(25)12-15-19(27)23(2)20(30)24(15)22-18(26)16-5-4-11-29-16/h4-9,11,15H,3,10,12H2,1-2H3,(H,21,25)(H,22,26). The van der Waals surface area contributed by atoms with Crippen LogP contribution in [-0.2, 0) is 9.59 Å². The van der Waals surface area contributed by atoms with Crippen LogP contribution >= 0.6 is 12.2 Å². The second kappa shape index (κ2) is 9.40. The van der Waals surface area contributed by atoms with Crippen molar-refractivity contribution >= 4 is 40.7 Å². The van der Waals surface area contributed by atoms with Gasteiger partial charge in [-0.15, -0.1) is 0 Å². The summed E-state index contributed by atoms with van der Waals surface area (Å²) in [6.45, 7) is 2.63. The number of benzene rings is 1. The number of hydrogen-bond donors (Lipinski definition) is 2. The quantitative estimate of drug-likeness (QED) is 0.619. The molecule has 2 heterocycles. The summed E-state index contributed by atoms with van der Waals surface area (Å²) in [5.41, 5.74) is 3.10. The summed E-state index contributed by atoms with van der Waals surface area (Å²) in [6, 6.07) is 9.02. The number of anilines is 1. The fourth-order valence-corrected chi connectivity index (χ4v) is 3.10. The average Bonchev–Trinajstić information content (AvgIpc) is 3.34. The van der Waals surface area contributed by atoms with Crippen molar-refractivity contribution in [3.05, 3.63) is 48.4 Å². The lowest BCUT2D eigenvalue weighted by Gasteiger charge is -2.23. The van der Waals surface area contributed by atoms with E-state index in [4.69, 9.17) is 21.4 Å². The van der Waals surface area contributed by atoms with Crippen molar-refractivity contribution in [1.29, 1.82) is 0 Å². The molecule has 1 atom stereocenters. The van der Waals surface area contributed by atoms with Gasteiger partial charge in [-0.1, -0.05) is 6.92 Å². The van der Waals surface area contributed by atoms with Crippen molar-refractivity contribution in [2.75, 3.05) is 19.0 Å². The molecule has 2 aromatic rings. The van der Waals surface area contributed by atoms with Crippen molar-refractivity contribution in [3.63, 3.8) is 0 Å². The molecule has 1 aromatic carbocycles. The molecule has 10 heteroatoms. The lowest BCUT2D eigenvalue weighted by Crippen LogP contribution is -2.49. The number of furan rings is 1. The van der Waals surface area contributed by atoms with Crippen LogP contribution < -0.4 is 15.5 Å². The van der Waals surface area contributed by atoms with Gasteiger partial charge in [0.25, 0.3) is 5.91 Å². The summed E-state index contributed by atoms with van der Waals surface area (Å²) in [4.78, 5) is 38.6. The number of hydrogen-bond acceptors (Lipinski definition) is 6. The molecule has 1 aliphatic rings. The molecular weight excluding hydrogens is 408 g/mol. The topological polar surface area (TPSA) is 104 Å². The number of carbonyl (C=O) groups is 3. The van der Waals surface area contributed by atoms with Gasteiger partial charge in [0.1, 0.15) is 11.8 Å². The highest BCUT2D eigenvalue weighted by atomic mass is 32.1. The maximum Gasteiger partial charge on any atom is 0.305 e. The predicted octanol–water partition coefficient (Wildman–Crippen LogP) is 2.17. The third kappa shape index (κ3) is 4.77. The summed E-state index contributed by atoms with van der Waals surface area (Å²) in [7, 11) is 1.49. The molecule has 1 aliphatic heterocycles. The Labute approximate surface area is 178 Å². The van der Waals surface area contributed by atoms with E-state index in [1.165, 1.54) is 29.3 Å². The molecule has 1 saturated heterocycles. The summed E-state index contributed by atoms with van der Waals surface area (Å²) >= 11 is 5.24. The fourth-order valence-electron chi connectivity index (χ4n) is 2.84. The zero-order valence-corrected chi connectivity index (χ0v) is 17.4. The Morgan fingerprint density at radius 2 is 1.97 bits per heavy atom. The van der Waals surface area contributed by atoms with Crippen LogP contribution in [-0.4, -0.2) is 52.4 Å². The van der Waals surface area contributed by atoms with E-state index in [1.807, 2.05) is 6.92 Å². The Bertz CT molecular complexity index is 929. The van der Waals surface area contributed by atoms with Crippen LogP contribution in [0.4, 0.5) is 5.69 Å². The van der Waals surface area contributed by atoms with Gasteiger partial charge in [-0.25, -0.2) is 5.01 Å². The van der Waals surface area contributed by atoms with Crippen LogP contribution in [0, 0.1) is 0 Å². The SMILES string of the molecule is CCCOc1ccc(NC(=O)CC2C(=O)N(C)C(=S)N2NC(=O)c2ccco2)cc1. The zero-order valence-electron chi connectivity index (χ0n) is 16.6. The van der Waals surface area contributed by atoms with E-state index in [1.54, 1.807) is 30.3 Å². The smallest absolute Gasteiger partial charge is 0.305 e. The molecule has 9 nitrogen and oxygen atoms in total. The lowest BCUT2D eigenvalue weighted by molar-refractivity contribution is -0.130. The molecule has 0 saturated carbocycles. The molecular formula is C20H22N4O5S. The molecule has 1 aromatic heterocycles. The lowest BCUT2D eigenvalue weighted by atomic mass is 10.2. The van der Waals surface area contributed by atoms with Crippen LogP contribution in [0.1, 0.15) is 30.3 Å². The molecule has 0 bridgehead atoms. The van der Waals surface area contributed by atoms with Crippen molar-refractivity contribution in [1.82, 2.24) is 15.3 Å². The Balaban J connectivity index is 1.64. The first kappa shape index (κ1) is 21.3. The zero-order chi connectivity index (χ0) is 21.7. The number of nitrogens with zero attached hydrogens (tertiary/aromatic N) is 2. The molecule has 158 valence electrons. The highest BCUT2D eigenvalue weighted by molar-refractivity contribution is 7.80. The predicted molar refractivity (Wildman–Crippen MR) is 113 cm³/mol. The van der Waals surface area contributed by atoms with E-state index in [9.17, 15) is 14.4 Å². The normalized spacial score (nSPS) is 16.0. The highest BCUT2D eigenvalue weighted by Crippen LogP contribution is 2.20. The maximum atomic E-state index is 12.6. The van der Waals surface area contributed by atoms with E-state index < -0.39 is 23.8 Å². The minimum atomic E-state index is -0.964. The van der Waals surface area contributed by atoms with E-state index in [0.29, 0.717) is 18.0 Å². The highest BCUT2D eigenvalue weighted by Gasteiger charge is 2.43. The number of nitrogens with one attached hydrogen (secondary N) is 2. The van der Waals surface area contributed by atoms with Crippen molar-refractivity contribution in [2.24, 2.45) is 0 Å². The van der Waals surface area contributed by atoms with Crippen LogP contribution in [0.25, 0.3) is 0 Å². The van der Waals surface area contributed by atoms with Gasteiger partial charge in [-0.3, -0.25) is 24.7 Å². The van der Waals surface area contributed by atoms with Gasteiger partial charge in [0.2, 0.25) is 5.91 Å². The summed E-state index contributed by atoms with van der Waals surface area (Å²) < 4.78 is 10.6. The summed E-state index contributed by atoms with van der Waals surface area (Å²) in [6.07, 6.45) is 2.06. The molecule has 1 unspecified atom stereocenters. The fraction of sp³-hybridized carbons (Fsp3) is 0.300. The van der Waals surface area contributed by atoms with Crippen LogP contribution in [0.2, 0.25) is 0 Å². The molecule has 30 heavy (non-hydrogen) atoms. The number of amides is 3. The average molecular weight is 430 g/mol. The number of thiocarbonyl (C=S) groups is 1. The maximum absolute atomic E-state index is 12.6. The molecule has 3 rings (SSSR count). The second-order valence-corrected chi connectivity index (χ2v) is 6.97. The molecule has 1 fully saturated rings. The third-order valence-electron chi connectivity index (χ3n) is 4.38. The Morgan fingerprint density at radius 1 is 1.23 bits per heavy atom. The molecule has 2 N–H and O–H groups in total. The van der Waals surface area contributed by atoms with Crippen molar-refractivity contribution in [3.8, 4) is 5.75 Å². The molecule has 3 amide bonds. The van der Waals surface area contributed by atoms with Crippen LogP contribution in [0.15, 0.2) is 47.1 Å². The molecule has 0 aliphatic carbocycles. The molecule has 0 radical (unpaired) electrons. The minimum absolute atomic E-state index is 0.0633.